The summed E-state index contributed by atoms with van der Waals surface area (Å²) in [5, 5.41) is 12.6. The van der Waals surface area contributed by atoms with Crippen molar-refractivity contribution in [2.75, 3.05) is 18.2 Å². The van der Waals surface area contributed by atoms with Crippen molar-refractivity contribution in [3.05, 3.63) is 66.0 Å². The van der Waals surface area contributed by atoms with Crippen molar-refractivity contribution < 1.29 is 4.74 Å². The first kappa shape index (κ1) is 16.9. The number of aromatic nitrogens is 3. The number of benzene rings is 2. The Morgan fingerprint density at radius 3 is 2.54 bits per heavy atom. The third-order valence-corrected chi connectivity index (χ3v) is 3.48. The molecule has 0 aliphatic rings. The van der Waals surface area contributed by atoms with Crippen molar-refractivity contribution in [2.24, 2.45) is 0 Å². The molecule has 3 aromatic rings. The van der Waals surface area contributed by atoms with Gasteiger partial charge in [-0.15, -0.1) is 0 Å². The van der Waals surface area contributed by atoms with E-state index >= 15 is 0 Å². The minimum absolute atomic E-state index is 0.0228. The number of methoxy groups -OCH3 is 1. The average molecular weight is 344 g/mol. The minimum atomic E-state index is 0.0228. The van der Waals surface area contributed by atoms with Gasteiger partial charge in [-0.3, -0.25) is 0 Å². The molecule has 3 N–H and O–H groups in total. The Morgan fingerprint density at radius 1 is 1.08 bits per heavy atom. The second-order valence-corrected chi connectivity index (χ2v) is 5.24. The van der Waals surface area contributed by atoms with Crippen molar-refractivity contribution in [2.45, 2.75) is 0 Å². The molecule has 26 heavy (non-hydrogen) atoms. The number of para-hydroxylation sites is 2. The van der Waals surface area contributed by atoms with E-state index in [1.807, 2.05) is 54.6 Å². The number of nitrogens with zero attached hydrogens (tertiary/aromatic N) is 4. The van der Waals surface area contributed by atoms with E-state index < -0.39 is 0 Å². The average Bonchev–Trinajstić information content (AvgIpc) is 2.66. The van der Waals surface area contributed by atoms with Crippen LogP contribution in [-0.4, -0.2) is 22.1 Å². The summed E-state index contributed by atoms with van der Waals surface area (Å²) < 4.78 is 5.31. The Hall–Kier alpha value is -3.92. The summed E-state index contributed by atoms with van der Waals surface area (Å²) in [5.74, 6) is 1.11. The summed E-state index contributed by atoms with van der Waals surface area (Å²) in [6.07, 6.45) is 1.65. The highest BCUT2D eigenvalue weighted by atomic mass is 16.5. The number of nitrogens with two attached hydrogens (primary N) is 1. The maximum absolute atomic E-state index is 9.56. The summed E-state index contributed by atoms with van der Waals surface area (Å²) in [4.78, 5) is 12.5. The topological polar surface area (TPSA) is 110 Å². The fourth-order valence-corrected chi connectivity index (χ4v) is 2.31. The van der Waals surface area contributed by atoms with E-state index in [0.29, 0.717) is 5.75 Å². The first-order chi connectivity index (χ1) is 12.7. The van der Waals surface area contributed by atoms with Crippen molar-refractivity contribution in [3.63, 3.8) is 0 Å². The zero-order valence-corrected chi connectivity index (χ0v) is 14.0. The normalized spacial score (nSPS) is 10.8. The maximum Gasteiger partial charge on any atom is 0.232 e. The molecule has 0 saturated carbocycles. The number of nitriles is 1. The van der Waals surface area contributed by atoms with E-state index in [2.05, 4.69) is 26.3 Å². The van der Waals surface area contributed by atoms with E-state index in [1.54, 1.807) is 13.2 Å². The molecular formula is C19H16N6O. The SMILES string of the molecule is COc1ccccc1/C=C(\C#N)c1nc(N)nc(Nc2ccccc2)n1. The second kappa shape index (κ2) is 7.77. The van der Waals surface area contributed by atoms with Crippen molar-refractivity contribution >= 4 is 29.2 Å². The molecule has 0 saturated heterocycles. The van der Waals surface area contributed by atoms with Gasteiger partial charge in [0.05, 0.1) is 12.7 Å². The zero-order chi connectivity index (χ0) is 18.4. The number of allylic oxidation sites excluding steroid dienone is 1. The molecule has 0 aliphatic heterocycles. The van der Waals surface area contributed by atoms with Crippen LogP contribution in [0.3, 0.4) is 0 Å². The van der Waals surface area contributed by atoms with Gasteiger partial charge in [-0.25, -0.2) is 0 Å². The third kappa shape index (κ3) is 3.94. The molecule has 0 amide bonds. The van der Waals surface area contributed by atoms with Crippen LogP contribution in [0.2, 0.25) is 0 Å². The van der Waals surface area contributed by atoms with Gasteiger partial charge in [0.1, 0.15) is 11.8 Å². The lowest BCUT2D eigenvalue weighted by Gasteiger charge is -2.07. The van der Waals surface area contributed by atoms with Gasteiger partial charge in [-0.2, -0.15) is 20.2 Å². The van der Waals surface area contributed by atoms with E-state index in [-0.39, 0.29) is 23.3 Å². The number of hydrogen-bond donors (Lipinski definition) is 2. The predicted molar refractivity (Wildman–Crippen MR) is 100 cm³/mol. The van der Waals surface area contributed by atoms with Crippen LogP contribution in [0.15, 0.2) is 54.6 Å². The summed E-state index contributed by atoms with van der Waals surface area (Å²) in [6, 6.07) is 18.9. The molecular weight excluding hydrogens is 328 g/mol. The van der Waals surface area contributed by atoms with Crippen molar-refractivity contribution in [1.82, 2.24) is 15.0 Å². The molecule has 7 nitrogen and oxygen atoms in total. The minimum Gasteiger partial charge on any atom is -0.496 e. The molecule has 0 fully saturated rings. The number of rotatable bonds is 5. The fraction of sp³-hybridized carbons (Fsp3) is 0.0526. The monoisotopic (exact) mass is 344 g/mol. The van der Waals surface area contributed by atoms with Crippen LogP contribution in [-0.2, 0) is 0 Å². The Balaban J connectivity index is 1.99. The van der Waals surface area contributed by atoms with Gasteiger partial charge in [-0.05, 0) is 24.3 Å². The van der Waals surface area contributed by atoms with Gasteiger partial charge in [0.25, 0.3) is 0 Å². The van der Waals surface area contributed by atoms with Gasteiger partial charge in [0.15, 0.2) is 5.82 Å². The molecule has 1 aromatic heterocycles. The highest BCUT2D eigenvalue weighted by molar-refractivity contribution is 5.88. The molecule has 1 heterocycles. The van der Waals surface area contributed by atoms with Gasteiger partial charge >= 0.3 is 0 Å². The number of nitrogen functional groups attached to an aromatic ring is 1. The van der Waals surface area contributed by atoms with Crippen LogP contribution in [0.5, 0.6) is 5.75 Å². The van der Waals surface area contributed by atoms with Crippen molar-refractivity contribution in [1.29, 1.82) is 5.26 Å². The van der Waals surface area contributed by atoms with Crippen LogP contribution in [0, 0.1) is 11.3 Å². The second-order valence-electron chi connectivity index (χ2n) is 5.24. The van der Waals surface area contributed by atoms with Gasteiger partial charge in [-0.1, -0.05) is 36.4 Å². The Kier molecular flexibility index (Phi) is 5.05. The molecule has 0 bridgehead atoms. The predicted octanol–water partition coefficient (Wildman–Crippen LogP) is 3.27. The molecule has 0 radical (unpaired) electrons. The summed E-state index contributed by atoms with van der Waals surface area (Å²) in [7, 11) is 1.57. The maximum atomic E-state index is 9.56. The Morgan fingerprint density at radius 2 is 1.81 bits per heavy atom. The van der Waals surface area contributed by atoms with E-state index in [9.17, 15) is 5.26 Å². The lowest BCUT2D eigenvalue weighted by atomic mass is 10.1. The number of nitrogens with one attached hydrogen (secondary N) is 1. The van der Waals surface area contributed by atoms with Gasteiger partial charge in [0, 0.05) is 11.3 Å². The number of hydrogen-bond acceptors (Lipinski definition) is 7. The van der Waals surface area contributed by atoms with Crippen LogP contribution in [0.1, 0.15) is 11.4 Å². The van der Waals surface area contributed by atoms with Crippen LogP contribution < -0.4 is 15.8 Å². The molecule has 7 heteroatoms. The first-order valence-corrected chi connectivity index (χ1v) is 7.78. The van der Waals surface area contributed by atoms with E-state index in [0.717, 1.165) is 11.3 Å². The van der Waals surface area contributed by atoms with E-state index in [1.165, 1.54) is 0 Å². The van der Waals surface area contributed by atoms with Crippen molar-refractivity contribution in [3.8, 4) is 11.8 Å². The summed E-state index contributed by atoms with van der Waals surface area (Å²) >= 11 is 0. The summed E-state index contributed by atoms with van der Waals surface area (Å²) in [5.41, 5.74) is 7.58. The quantitative estimate of drug-likeness (QED) is 0.683. The largest absolute Gasteiger partial charge is 0.496 e. The molecule has 128 valence electrons. The zero-order valence-electron chi connectivity index (χ0n) is 14.0. The molecule has 3 rings (SSSR count). The third-order valence-electron chi connectivity index (χ3n) is 3.48. The molecule has 2 aromatic carbocycles. The highest BCUT2D eigenvalue weighted by Crippen LogP contribution is 2.24. The highest BCUT2D eigenvalue weighted by Gasteiger charge is 2.11. The number of anilines is 3. The number of ether oxygens (including phenoxy) is 1. The Bertz CT molecular complexity index is 979. The molecule has 0 spiro atoms. The smallest absolute Gasteiger partial charge is 0.232 e. The lowest BCUT2D eigenvalue weighted by molar-refractivity contribution is 0.414. The first-order valence-electron chi connectivity index (χ1n) is 7.78. The van der Waals surface area contributed by atoms with Crippen LogP contribution >= 0.6 is 0 Å². The Labute approximate surface area is 150 Å². The fourth-order valence-electron chi connectivity index (χ4n) is 2.31. The van der Waals surface area contributed by atoms with Gasteiger partial charge in [0.2, 0.25) is 11.9 Å². The molecule has 0 aliphatic carbocycles. The van der Waals surface area contributed by atoms with Gasteiger partial charge < -0.3 is 15.8 Å². The molecule has 0 unspecified atom stereocenters. The van der Waals surface area contributed by atoms with Crippen LogP contribution in [0.4, 0.5) is 17.6 Å². The van der Waals surface area contributed by atoms with E-state index in [4.69, 9.17) is 10.5 Å². The van der Waals surface area contributed by atoms with Crippen LogP contribution in [0.25, 0.3) is 11.6 Å². The molecule has 0 atom stereocenters. The lowest BCUT2D eigenvalue weighted by Crippen LogP contribution is -2.06. The standard InChI is InChI=1S/C19H16N6O/c1-26-16-10-6-5-7-13(16)11-14(12-20)17-23-18(21)25-19(24-17)22-15-8-3-2-4-9-15/h2-11H,1H3,(H3,21,22,23,24,25)/b14-11+. The summed E-state index contributed by atoms with van der Waals surface area (Å²) in [6.45, 7) is 0.